The van der Waals surface area contributed by atoms with Crippen LogP contribution in [0.3, 0.4) is 0 Å². The van der Waals surface area contributed by atoms with Crippen molar-refractivity contribution >= 4 is 0 Å². The molecular weight excluding hydrogens is 250 g/mol. The predicted octanol–water partition coefficient (Wildman–Crippen LogP) is 1.56. The van der Waals surface area contributed by atoms with Crippen LogP contribution < -0.4 is 5.32 Å². The van der Waals surface area contributed by atoms with E-state index in [2.05, 4.69) is 36.1 Å². The maximum absolute atomic E-state index is 5.79. The van der Waals surface area contributed by atoms with E-state index in [1.54, 1.807) is 0 Å². The van der Waals surface area contributed by atoms with Crippen molar-refractivity contribution in [3.05, 3.63) is 0 Å². The molecule has 0 aromatic carbocycles. The number of hydrogen-bond donors (Lipinski definition) is 1. The molecule has 1 N–H and O–H groups in total. The molecule has 3 atom stereocenters. The molecule has 4 nitrogen and oxygen atoms in total. The molecule has 2 aliphatic heterocycles. The normalized spacial score (nSPS) is 30.8. The first-order valence-electron chi connectivity index (χ1n) is 8.44. The SMILES string of the molecule is CCCNC(CCC1CCCO1)C1CN(C)CCN1C. The molecule has 118 valence electrons. The molecule has 0 aromatic heterocycles. The summed E-state index contributed by atoms with van der Waals surface area (Å²) in [6.45, 7) is 7.92. The van der Waals surface area contributed by atoms with Gasteiger partial charge < -0.3 is 15.0 Å². The molecule has 4 heteroatoms. The van der Waals surface area contributed by atoms with Crippen LogP contribution >= 0.6 is 0 Å². The number of ether oxygens (including phenoxy) is 1. The Kier molecular flexibility index (Phi) is 6.75. The molecule has 2 fully saturated rings. The first kappa shape index (κ1) is 16.2. The average molecular weight is 283 g/mol. The summed E-state index contributed by atoms with van der Waals surface area (Å²) in [6, 6.07) is 1.24. The molecule has 3 unspecified atom stereocenters. The Hall–Kier alpha value is -0.160. The summed E-state index contributed by atoms with van der Waals surface area (Å²) in [5, 5.41) is 3.79. The van der Waals surface area contributed by atoms with Crippen molar-refractivity contribution in [3.63, 3.8) is 0 Å². The quantitative estimate of drug-likeness (QED) is 0.767. The zero-order valence-corrected chi connectivity index (χ0v) is 13.6. The van der Waals surface area contributed by atoms with Crippen LogP contribution in [-0.2, 0) is 4.74 Å². The fraction of sp³-hybridized carbons (Fsp3) is 1.00. The van der Waals surface area contributed by atoms with Gasteiger partial charge in [-0.1, -0.05) is 6.92 Å². The minimum atomic E-state index is 0.521. The van der Waals surface area contributed by atoms with Gasteiger partial charge in [0.05, 0.1) is 6.10 Å². The Bertz CT molecular complexity index is 268. The molecule has 2 aliphatic rings. The van der Waals surface area contributed by atoms with Gasteiger partial charge in [-0.2, -0.15) is 0 Å². The van der Waals surface area contributed by atoms with Gasteiger partial charge in [0.2, 0.25) is 0 Å². The number of rotatable bonds is 7. The monoisotopic (exact) mass is 283 g/mol. The Balaban J connectivity index is 1.86. The van der Waals surface area contributed by atoms with Crippen LogP contribution in [0.5, 0.6) is 0 Å². The topological polar surface area (TPSA) is 27.7 Å². The summed E-state index contributed by atoms with van der Waals surface area (Å²) in [4.78, 5) is 5.01. The molecule has 0 aliphatic carbocycles. The summed E-state index contributed by atoms with van der Waals surface area (Å²) in [5.41, 5.74) is 0. The van der Waals surface area contributed by atoms with Gasteiger partial charge in [0.1, 0.15) is 0 Å². The summed E-state index contributed by atoms with van der Waals surface area (Å²) in [5.74, 6) is 0. The molecule has 2 heterocycles. The van der Waals surface area contributed by atoms with Crippen molar-refractivity contribution < 1.29 is 4.74 Å². The van der Waals surface area contributed by atoms with E-state index < -0.39 is 0 Å². The van der Waals surface area contributed by atoms with E-state index in [0.717, 1.165) is 13.2 Å². The number of piperazine rings is 1. The summed E-state index contributed by atoms with van der Waals surface area (Å²) in [6.07, 6.45) is 6.71. The Morgan fingerprint density at radius 1 is 1.30 bits per heavy atom. The summed E-state index contributed by atoms with van der Waals surface area (Å²) < 4.78 is 5.79. The van der Waals surface area contributed by atoms with Gasteiger partial charge in [-0.15, -0.1) is 0 Å². The summed E-state index contributed by atoms with van der Waals surface area (Å²) in [7, 11) is 4.53. The minimum absolute atomic E-state index is 0.521. The predicted molar refractivity (Wildman–Crippen MR) is 84.2 cm³/mol. The number of likely N-dealkylation sites (N-methyl/N-ethyl adjacent to an activating group) is 2. The fourth-order valence-corrected chi connectivity index (χ4v) is 3.48. The van der Waals surface area contributed by atoms with Gasteiger partial charge in [-0.25, -0.2) is 0 Å². The van der Waals surface area contributed by atoms with E-state index in [1.165, 1.54) is 51.7 Å². The van der Waals surface area contributed by atoms with Crippen LogP contribution in [0.2, 0.25) is 0 Å². The molecule has 0 aromatic rings. The zero-order chi connectivity index (χ0) is 14.4. The maximum Gasteiger partial charge on any atom is 0.0576 e. The van der Waals surface area contributed by atoms with Crippen LogP contribution in [0.4, 0.5) is 0 Å². The van der Waals surface area contributed by atoms with Crippen LogP contribution in [-0.4, -0.2) is 74.9 Å². The highest BCUT2D eigenvalue weighted by molar-refractivity contribution is 4.89. The molecule has 0 spiro atoms. The van der Waals surface area contributed by atoms with Gasteiger partial charge >= 0.3 is 0 Å². The van der Waals surface area contributed by atoms with Crippen LogP contribution in [0.25, 0.3) is 0 Å². The molecule has 2 saturated heterocycles. The Morgan fingerprint density at radius 3 is 2.85 bits per heavy atom. The van der Waals surface area contributed by atoms with E-state index >= 15 is 0 Å². The molecule has 20 heavy (non-hydrogen) atoms. The minimum Gasteiger partial charge on any atom is -0.378 e. The standard InChI is InChI=1S/C16H33N3O/c1-4-9-17-15(8-7-14-6-5-12-20-14)16-13-18(2)10-11-19(16)3/h14-17H,4-13H2,1-3H3. The third kappa shape index (κ3) is 4.69. The van der Waals surface area contributed by atoms with E-state index in [1.807, 2.05) is 0 Å². The van der Waals surface area contributed by atoms with Crippen LogP contribution in [0.15, 0.2) is 0 Å². The van der Waals surface area contributed by atoms with E-state index in [4.69, 9.17) is 4.74 Å². The lowest BCUT2D eigenvalue weighted by molar-refractivity contribution is 0.0689. The molecule has 0 amide bonds. The molecule has 0 bridgehead atoms. The maximum atomic E-state index is 5.79. The third-order valence-corrected chi connectivity index (χ3v) is 4.84. The van der Waals surface area contributed by atoms with Crippen molar-refractivity contribution in [2.75, 3.05) is 46.9 Å². The Morgan fingerprint density at radius 2 is 2.15 bits per heavy atom. The highest BCUT2D eigenvalue weighted by Crippen LogP contribution is 2.20. The van der Waals surface area contributed by atoms with Crippen molar-refractivity contribution in [2.45, 2.75) is 57.2 Å². The third-order valence-electron chi connectivity index (χ3n) is 4.84. The number of hydrogen-bond acceptors (Lipinski definition) is 4. The smallest absolute Gasteiger partial charge is 0.0576 e. The van der Waals surface area contributed by atoms with Gasteiger partial charge in [-0.05, 0) is 52.7 Å². The molecule has 2 rings (SSSR count). The zero-order valence-electron chi connectivity index (χ0n) is 13.6. The first-order chi connectivity index (χ1) is 9.70. The van der Waals surface area contributed by atoms with Crippen molar-refractivity contribution in [1.29, 1.82) is 0 Å². The largest absolute Gasteiger partial charge is 0.378 e. The van der Waals surface area contributed by atoms with Crippen LogP contribution in [0, 0.1) is 0 Å². The highest BCUT2D eigenvalue weighted by atomic mass is 16.5. The van der Waals surface area contributed by atoms with Crippen molar-refractivity contribution in [2.24, 2.45) is 0 Å². The second-order valence-electron chi connectivity index (χ2n) is 6.58. The highest BCUT2D eigenvalue weighted by Gasteiger charge is 2.30. The lowest BCUT2D eigenvalue weighted by Gasteiger charge is -2.42. The second-order valence-corrected chi connectivity index (χ2v) is 6.58. The van der Waals surface area contributed by atoms with Gasteiger partial charge in [0.15, 0.2) is 0 Å². The molecule has 0 radical (unpaired) electrons. The fourth-order valence-electron chi connectivity index (χ4n) is 3.48. The average Bonchev–Trinajstić information content (AvgIpc) is 2.95. The van der Waals surface area contributed by atoms with Gasteiger partial charge in [-0.3, -0.25) is 4.90 Å². The lowest BCUT2D eigenvalue weighted by atomic mass is 9.96. The lowest BCUT2D eigenvalue weighted by Crippen LogP contribution is -2.58. The number of nitrogens with zero attached hydrogens (tertiary/aromatic N) is 2. The Labute approximate surface area is 124 Å². The molecule has 0 saturated carbocycles. The first-order valence-corrected chi connectivity index (χ1v) is 8.44. The second kappa shape index (κ2) is 8.32. The van der Waals surface area contributed by atoms with Crippen molar-refractivity contribution in [3.8, 4) is 0 Å². The van der Waals surface area contributed by atoms with E-state index in [0.29, 0.717) is 18.2 Å². The van der Waals surface area contributed by atoms with Gasteiger partial charge in [0.25, 0.3) is 0 Å². The van der Waals surface area contributed by atoms with E-state index in [-0.39, 0.29) is 0 Å². The van der Waals surface area contributed by atoms with Crippen LogP contribution in [0.1, 0.15) is 39.0 Å². The van der Waals surface area contributed by atoms with Gasteiger partial charge in [0, 0.05) is 38.3 Å². The van der Waals surface area contributed by atoms with E-state index in [9.17, 15) is 0 Å². The van der Waals surface area contributed by atoms with Crippen molar-refractivity contribution in [1.82, 2.24) is 15.1 Å². The molecular formula is C16H33N3O. The summed E-state index contributed by atoms with van der Waals surface area (Å²) >= 11 is 0. The number of nitrogens with one attached hydrogen (secondary N) is 1.